The fourth-order valence-electron chi connectivity index (χ4n) is 3.07. The maximum absolute atomic E-state index is 13.1. The van der Waals surface area contributed by atoms with E-state index in [0.717, 1.165) is 12.5 Å². The Morgan fingerprint density at radius 2 is 2.20 bits per heavy atom. The number of halogens is 1. The number of hydrogen-bond donors (Lipinski definition) is 0. The predicted molar refractivity (Wildman–Crippen MR) is 79.4 cm³/mol. The largest absolute Gasteiger partial charge is 0.303 e. The summed E-state index contributed by atoms with van der Waals surface area (Å²) in [7, 11) is 2.10. The Balaban J connectivity index is 1.83. The monoisotopic (exact) mass is 277 g/mol. The molecule has 0 amide bonds. The number of rotatable bonds is 5. The van der Waals surface area contributed by atoms with E-state index < -0.39 is 0 Å². The minimum Gasteiger partial charge on any atom is -0.303 e. The molecule has 1 aromatic rings. The molecule has 0 saturated heterocycles. The lowest BCUT2D eigenvalue weighted by molar-refractivity contribution is 0.0945. The summed E-state index contributed by atoms with van der Waals surface area (Å²) in [5.41, 5.74) is 0.482. The summed E-state index contributed by atoms with van der Waals surface area (Å²) in [6.45, 7) is 3.06. The van der Waals surface area contributed by atoms with Crippen LogP contribution in [0, 0.1) is 11.7 Å². The molecule has 1 saturated carbocycles. The number of ketones is 1. The Bertz CT molecular complexity index is 460. The molecule has 0 aromatic heterocycles. The van der Waals surface area contributed by atoms with Gasteiger partial charge in [-0.1, -0.05) is 31.9 Å². The molecule has 0 aliphatic heterocycles. The van der Waals surface area contributed by atoms with Crippen LogP contribution in [0.25, 0.3) is 0 Å². The van der Waals surface area contributed by atoms with Crippen molar-refractivity contribution in [2.45, 2.75) is 45.1 Å². The van der Waals surface area contributed by atoms with Crippen LogP contribution in [0.2, 0.25) is 0 Å². The summed E-state index contributed by atoms with van der Waals surface area (Å²) < 4.78 is 13.1. The van der Waals surface area contributed by atoms with Gasteiger partial charge in [-0.3, -0.25) is 4.79 Å². The average molecular weight is 277 g/mol. The van der Waals surface area contributed by atoms with Gasteiger partial charge in [-0.15, -0.1) is 0 Å². The molecule has 0 spiro atoms. The molecular formula is C17H24FNO. The number of benzene rings is 1. The molecule has 20 heavy (non-hydrogen) atoms. The molecule has 0 radical (unpaired) electrons. The fraction of sp³-hybridized carbons (Fsp3) is 0.588. The maximum atomic E-state index is 13.1. The zero-order valence-electron chi connectivity index (χ0n) is 12.4. The quantitative estimate of drug-likeness (QED) is 0.761. The lowest BCUT2D eigenvalue weighted by Gasteiger charge is -2.34. The van der Waals surface area contributed by atoms with Crippen LogP contribution < -0.4 is 0 Å². The van der Waals surface area contributed by atoms with E-state index in [0.29, 0.717) is 18.0 Å². The minimum atomic E-state index is -0.342. The lowest BCUT2D eigenvalue weighted by atomic mass is 9.86. The normalized spacial score (nSPS) is 23.0. The highest BCUT2D eigenvalue weighted by atomic mass is 19.1. The van der Waals surface area contributed by atoms with Gasteiger partial charge in [0.1, 0.15) is 5.82 Å². The van der Waals surface area contributed by atoms with E-state index in [4.69, 9.17) is 0 Å². The van der Waals surface area contributed by atoms with Crippen LogP contribution in [-0.4, -0.2) is 30.3 Å². The topological polar surface area (TPSA) is 20.3 Å². The summed E-state index contributed by atoms with van der Waals surface area (Å²) in [5, 5.41) is 0. The van der Waals surface area contributed by atoms with Crippen LogP contribution in [0.5, 0.6) is 0 Å². The van der Waals surface area contributed by atoms with Crippen molar-refractivity contribution in [3.05, 3.63) is 35.6 Å². The zero-order valence-corrected chi connectivity index (χ0v) is 12.4. The van der Waals surface area contributed by atoms with Crippen molar-refractivity contribution < 1.29 is 9.18 Å². The zero-order chi connectivity index (χ0) is 14.5. The van der Waals surface area contributed by atoms with Gasteiger partial charge in [0.05, 0.1) is 0 Å². The van der Waals surface area contributed by atoms with Gasteiger partial charge in [0.2, 0.25) is 0 Å². The summed E-state index contributed by atoms with van der Waals surface area (Å²) in [6, 6.07) is 6.57. The minimum absolute atomic E-state index is 0.0280. The number of hydrogen-bond acceptors (Lipinski definition) is 2. The molecule has 2 atom stereocenters. The Hall–Kier alpha value is -1.22. The summed E-state index contributed by atoms with van der Waals surface area (Å²) in [5.74, 6) is 0.473. The maximum Gasteiger partial charge on any atom is 0.164 e. The van der Waals surface area contributed by atoms with Crippen LogP contribution in [0.15, 0.2) is 24.3 Å². The summed E-state index contributed by atoms with van der Waals surface area (Å²) >= 11 is 0. The molecule has 2 unspecified atom stereocenters. The highest BCUT2D eigenvalue weighted by Gasteiger charge is 2.22. The van der Waals surface area contributed by atoms with Crippen molar-refractivity contribution in [3.8, 4) is 0 Å². The van der Waals surface area contributed by atoms with Crippen molar-refractivity contribution in [2.75, 3.05) is 13.6 Å². The van der Waals surface area contributed by atoms with E-state index >= 15 is 0 Å². The average Bonchev–Trinajstić information content (AvgIpc) is 2.44. The van der Waals surface area contributed by atoms with Gasteiger partial charge in [0.15, 0.2) is 5.78 Å². The second kappa shape index (κ2) is 6.98. The Kier molecular flexibility index (Phi) is 5.30. The lowest BCUT2D eigenvalue weighted by Crippen LogP contribution is -2.36. The van der Waals surface area contributed by atoms with Crippen molar-refractivity contribution in [2.24, 2.45) is 5.92 Å². The Morgan fingerprint density at radius 1 is 1.40 bits per heavy atom. The van der Waals surface area contributed by atoms with Crippen molar-refractivity contribution in [1.29, 1.82) is 0 Å². The van der Waals surface area contributed by atoms with Crippen LogP contribution in [-0.2, 0) is 0 Å². The van der Waals surface area contributed by atoms with E-state index in [1.54, 1.807) is 12.1 Å². The summed E-state index contributed by atoms with van der Waals surface area (Å²) in [6.07, 6.45) is 5.53. The van der Waals surface area contributed by atoms with Gasteiger partial charge < -0.3 is 4.90 Å². The van der Waals surface area contributed by atoms with E-state index in [-0.39, 0.29) is 11.6 Å². The molecule has 0 bridgehead atoms. The molecular weight excluding hydrogens is 253 g/mol. The smallest absolute Gasteiger partial charge is 0.164 e. The Labute approximate surface area is 121 Å². The van der Waals surface area contributed by atoms with Crippen LogP contribution >= 0.6 is 0 Å². The molecule has 3 heteroatoms. The Morgan fingerprint density at radius 3 is 2.90 bits per heavy atom. The molecule has 0 heterocycles. The molecule has 1 aromatic carbocycles. The third-order valence-electron chi connectivity index (χ3n) is 4.37. The molecule has 0 N–H and O–H groups in total. The highest BCUT2D eigenvalue weighted by molar-refractivity contribution is 5.96. The first-order valence-electron chi connectivity index (χ1n) is 7.55. The number of carbonyl (C=O) groups is 1. The van der Waals surface area contributed by atoms with Gasteiger partial charge in [-0.05, 0) is 37.9 Å². The second-order valence-electron chi connectivity index (χ2n) is 6.09. The third-order valence-corrected chi connectivity index (χ3v) is 4.37. The molecule has 1 fully saturated rings. The second-order valence-corrected chi connectivity index (χ2v) is 6.09. The van der Waals surface area contributed by atoms with Crippen molar-refractivity contribution in [3.63, 3.8) is 0 Å². The van der Waals surface area contributed by atoms with Crippen molar-refractivity contribution >= 4 is 5.78 Å². The summed E-state index contributed by atoms with van der Waals surface area (Å²) in [4.78, 5) is 14.4. The SMILES string of the molecule is CC1CCCC(N(C)CCC(=O)c2cccc(F)c2)C1. The van der Waals surface area contributed by atoms with Crippen LogP contribution in [0.1, 0.15) is 49.4 Å². The molecule has 2 rings (SSSR count). The third kappa shape index (κ3) is 4.14. The highest BCUT2D eigenvalue weighted by Crippen LogP contribution is 2.26. The predicted octanol–water partition coefficient (Wildman–Crippen LogP) is 3.91. The molecule has 1 aliphatic carbocycles. The standard InChI is InChI=1S/C17H24FNO/c1-13-5-3-8-16(11-13)19(2)10-9-17(20)14-6-4-7-15(18)12-14/h4,6-7,12-13,16H,3,5,8-11H2,1-2H3. The first-order valence-corrected chi connectivity index (χ1v) is 7.55. The molecule has 1 aliphatic rings. The first kappa shape index (κ1) is 15.2. The van der Waals surface area contributed by atoms with E-state index in [1.807, 2.05) is 0 Å². The number of carbonyl (C=O) groups excluding carboxylic acids is 1. The molecule has 110 valence electrons. The van der Waals surface area contributed by atoms with E-state index in [1.165, 1.54) is 37.8 Å². The van der Waals surface area contributed by atoms with E-state index in [2.05, 4.69) is 18.9 Å². The number of nitrogens with zero attached hydrogens (tertiary/aromatic N) is 1. The van der Waals surface area contributed by atoms with Gasteiger partial charge in [-0.2, -0.15) is 0 Å². The fourth-order valence-corrected chi connectivity index (χ4v) is 3.07. The van der Waals surface area contributed by atoms with Gasteiger partial charge in [0.25, 0.3) is 0 Å². The van der Waals surface area contributed by atoms with Gasteiger partial charge in [-0.25, -0.2) is 4.39 Å². The number of Topliss-reactive ketones (excluding diaryl/α,β-unsaturated/α-hetero) is 1. The van der Waals surface area contributed by atoms with Gasteiger partial charge >= 0.3 is 0 Å². The van der Waals surface area contributed by atoms with Crippen molar-refractivity contribution in [1.82, 2.24) is 4.90 Å². The van der Waals surface area contributed by atoms with Crippen LogP contribution in [0.3, 0.4) is 0 Å². The first-order chi connectivity index (χ1) is 9.56. The van der Waals surface area contributed by atoms with Crippen LogP contribution in [0.4, 0.5) is 4.39 Å². The van der Waals surface area contributed by atoms with Gasteiger partial charge in [0, 0.05) is 24.6 Å². The molecule has 2 nitrogen and oxygen atoms in total. The van der Waals surface area contributed by atoms with E-state index in [9.17, 15) is 9.18 Å².